The molecule has 2 aromatic rings. The van der Waals surface area contributed by atoms with Gasteiger partial charge in [-0.25, -0.2) is 18.7 Å². The molecule has 1 aromatic carbocycles. The lowest BCUT2D eigenvalue weighted by Gasteiger charge is -2.04. The molecular weight excluding hydrogens is 240 g/mol. The van der Waals surface area contributed by atoms with E-state index in [9.17, 15) is 8.78 Å². The van der Waals surface area contributed by atoms with Gasteiger partial charge in [0.2, 0.25) is 0 Å². The molecule has 1 aromatic heterocycles. The minimum atomic E-state index is -0.970. The van der Waals surface area contributed by atoms with Gasteiger partial charge in [0.15, 0.2) is 17.4 Å². The van der Waals surface area contributed by atoms with Gasteiger partial charge in [0.1, 0.15) is 17.4 Å². The fourth-order valence-corrected chi connectivity index (χ4v) is 1.39. The summed E-state index contributed by atoms with van der Waals surface area (Å²) in [6.07, 6.45) is 2.72. The highest BCUT2D eigenvalue weighted by atomic mass is 19.1. The Morgan fingerprint density at radius 1 is 1.22 bits per heavy atom. The van der Waals surface area contributed by atoms with Crippen LogP contribution in [0.3, 0.4) is 0 Å². The molecule has 0 amide bonds. The number of nitrogens with zero attached hydrogens (tertiary/aromatic N) is 3. The van der Waals surface area contributed by atoms with Crippen LogP contribution in [0.5, 0.6) is 5.75 Å². The highest BCUT2D eigenvalue weighted by Crippen LogP contribution is 2.24. The van der Waals surface area contributed by atoms with Gasteiger partial charge in [-0.15, -0.1) is 0 Å². The third kappa shape index (κ3) is 1.98. The summed E-state index contributed by atoms with van der Waals surface area (Å²) in [5.74, 6) is -1.40. The SMILES string of the molecule is COc1cnc(-c2ccc(F)c(C#N)c2F)nc1. The molecule has 0 saturated heterocycles. The summed E-state index contributed by atoms with van der Waals surface area (Å²) < 4.78 is 31.8. The minimum absolute atomic E-state index is 0.0318. The third-order valence-corrected chi connectivity index (χ3v) is 2.31. The van der Waals surface area contributed by atoms with Crippen molar-refractivity contribution in [3.8, 4) is 23.2 Å². The Hall–Kier alpha value is -2.55. The van der Waals surface area contributed by atoms with Crippen molar-refractivity contribution in [3.63, 3.8) is 0 Å². The summed E-state index contributed by atoms with van der Waals surface area (Å²) in [6.45, 7) is 0. The lowest BCUT2D eigenvalue weighted by molar-refractivity contribution is 0.411. The Kier molecular flexibility index (Phi) is 3.15. The molecule has 0 aliphatic heterocycles. The second-order valence-corrected chi connectivity index (χ2v) is 3.34. The molecule has 1 heterocycles. The molecule has 0 unspecified atom stereocenters. The summed E-state index contributed by atoms with van der Waals surface area (Å²) in [7, 11) is 1.45. The van der Waals surface area contributed by atoms with E-state index in [0.717, 1.165) is 6.07 Å². The van der Waals surface area contributed by atoms with E-state index in [1.165, 1.54) is 31.6 Å². The minimum Gasteiger partial charge on any atom is -0.494 e. The zero-order valence-corrected chi connectivity index (χ0v) is 9.32. The molecule has 0 spiro atoms. The average molecular weight is 247 g/mol. The predicted molar refractivity (Wildman–Crippen MR) is 58.7 cm³/mol. The summed E-state index contributed by atoms with van der Waals surface area (Å²) in [6, 6.07) is 3.66. The van der Waals surface area contributed by atoms with Gasteiger partial charge in [-0.05, 0) is 12.1 Å². The van der Waals surface area contributed by atoms with Crippen LogP contribution in [0.25, 0.3) is 11.4 Å². The van der Waals surface area contributed by atoms with Gasteiger partial charge in [0, 0.05) is 0 Å². The standard InChI is InChI=1S/C12H7F2N3O/c1-18-7-5-16-12(17-6-7)8-2-3-10(13)9(4-15)11(8)14/h2-3,5-6H,1H3. The van der Waals surface area contributed by atoms with Crippen LogP contribution in [0, 0.1) is 23.0 Å². The van der Waals surface area contributed by atoms with E-state index in [0.29, 0.717) is 5.75 Å². The first-order chi connectivity index (χ1) is 8.67. The third-order valence-electron chi connectivity index (χ3n) is 2.31. The van der Waals surface area contributed by atoms with Crippen LogP contribution >= 0.6 is 0 Å². The molecule has 0 radical (unpaired) electrons. The number of hydrogen-bond donors (Lipinski definition) is 0. The van der Waals surface area contributed by atoms with E-state index in [4.69, 9.17) is 10.00 Å². The summed E-state index contributed by atoms with van der Waals surface area (Å²) in [4.78, 5) is 7.76. The van der Waals surface area contributed by atoms with Crippen molar-refractivity contribution in [3.05, 3.63) is 41.7 Å². The van der Waals surface area contributed by atoms with Crippen molar-refractivity contribution in [2.24, 2.45) is 0 Å². The molecule has 2 rings (SSSR count). The number of benzene rings is 1. The van der Waals surface area contributed by atoms with E-state index >= 15 is 0 Å². The Balaban J connectivity index is 2.54. The van der Waals surface area contributed by atoms with E-state index in [1.807, 2.05) is 0 Å². The van der Waals surface area contributed by atoms with Crippen molar-refractivity contribution in [2.75, 3.05) is 7.11 Å². The smallest absolute Gasteiger partial charge is 0.162 e. The van der Waals surface area contributed by atoms with Crippen LogP contribution in [-0.2, 0) is 0 Å². The maximum absolute atomic E-state index is 13.8. The van der Waals surface area contributed by atoms with Crippen molar-refractivity contribution < 1.29 is 13.5 Å². The van der Waals surface area contributed by atoms with Crippen molar-refractivity contribution in [1.29, 1.82) is 5.26 Å². The quantitative estimate of drug-likeness (QED) is 0.817. The Labute approximate surface area is 101 Å². The van der Waals surface area contributed by atoms with Gasteiger partial charge in [-0.2, -0.15) is 5.26 Å². The van der Waals surface area contributed by atoms with Crippen LogP contribution in [0.1, 0.15) is 5.56 Å². The number of aromatic nitrogens is 2. The Bertz CT molecular complexity index is 620. The van der Waals surface area contributed by atoms with Crippen LogP contribution < -0.4 is 4.74 Å². The maximum atomic E-state index is 13.8. The Morgan fingerprint density at radius 3 is 2.44 bits per heavy atom. The molecule has 0 aliphatic rings. The molecular formula is C12H7F2N3O. The monoisotopic (exact) mass is 247 g/mol. The Morgan fingerprint density at radius 2 is 1.89 bits per heavy atom. The van der Waals surface area contributed by atoms with E-state index in [-0.39, 0.29) is 11.4 Å². The summed E-state index contributed by atoms with van der Waals surface area (Å²) in [5, 5.41) is 8.66. The predicted octanol–water partition coefficient (Wildman–Crippen LogP) is 2.30. The fraction of sp³-hybridized carbons (Fsp3) is 0.0833. The maximum Gasteiger partial charge on any atom is 0.162 e. The molecule has 18 heavy (non-hydrogen) atoms. The molecule has 0 atom stereocenters. The lowest BCUT2D eigenvalue weighted by Crippen LogP contribution is -1.97. The zero-order chi connectivity index (χ0) is 13.1. The first-order valence-electron chi connectivity index (χ1n) is 4.92. The molecule has 0 saturated carbocycles. The van der Waals surface area contributed by atoms with Gasteiger partial charge in [0.25, 0.3) is 0 Å². The van der Waals surface area contributed by atoms with Crippen molar-refractivity contribution >= 4 is 0 Å². The summed E-state index contributed by atoms with van der Waals surface area (Å²) >= 11 is 0. The lowest BCUT2D eigenvalue weighted by atomic mass is 10.1. The number of rotatable bonds is 2. The van der Waals surface area contributed by atoms with E-state index < -0.39 is 17.2 Å². The van der Waals surface area contributed by atoms with Gasteiger partial charge < -0.3 is 4.74 Å². The fourth-order valence-electron chi connectivity index (χ4n) is 1.39. The highest BCUT2D eigenvalue weighted by molar-refractivity contribution is 5.59. The number of nitriles is 1. The molecule has 0 bridgehead atoms. The van der Waals surface area contributed by atoms with E-state index in [2.05, 4.69) is 9.97 Å². The molecule has 6 heteroatoms. The molecule has 4 nitrogen and oxygen atoms in total. The molecule has 0 fully saturated rings. The largest absolute Gasteiger partial charge is 0.494 e. The van der Waals surface area contributed by atoms with Crippen LogP contribution in [0.15, 0.2) is 24.5 Å². The van der Waals surface area contributed by atoms with Gasteiger partial charge >= 0.3 is 0 Å². The number of halogens is 2. The van der Waals surface area contributed by atoms with Gasteiger partial charge in [-0.1, -0.05) is 0 Å². The average Bonchev–Trinajstić information content (AvgIpc) is 2.40. The van der Waals surface area contributed by atoms with Crippen LogP contribution in [0.2, 0.25) is 0 Å². The first-order valence-corrected chi connectivity index (χ1v) is 4.92. The van der Waals surface area contributed by atoms with Crippen molar-refractivity contribution in [2.45, 2.75) is 0 Å². The second-order valence-electron chi connectivity index (χ2n) is 3.34. The van der Waals surface area contributed by atoms with Gasteiger partial charge in [0.05, 0.1) is 25.1 Å². The van der Waals surface area contributed by atoms with E-state index in [1.54, 1.807) is 0 Å². The first kappa shape index (κ1) is 11.9. The number of methoxy groups -OCH3 is 1. The topological polar surface area (TPSA) is 58.8 Å². The highest BCUT2D eigenvalue weighted by Gasteiger charge is 2.16. The number of ether oxygens (including phenoxy) is 1. The van der Waals surface area contributed by atoms with Crippen molar-refractivity contribution in [1.82, 2.24) is 9.97 Å². The van der Waals surface area contributed by atoms with Crippen LogP contribution in [-0.4, -0.2) is 17.1 Å². The molecule has 0 aliphatic carbocycles. The normalized spacial score (nSPS) is 9.89. The van der Waals surface area contributed by atoms with Gasteiger partial charge in [-0.3, -0.25) is 0 Å². The molecule has 0 N–H and O–H groups in total. The molecule has 90 valence electrons. The zero-order valence-electron chi connectivity index (χ0n) is 9.32. The number of hydrogen-bond acceptors (Lipinski definition) is 4. The second kappa shape index (κ2) is 4.75. The summed E-state index contributed by atoms with van der Waals surface area (Å²) in [5.41, 5.74) is -0.678. The van der Waals surface area contributed by atoms with Crippen LogP contribution in [0.4, 0.5) is 8.78 Å².